The Morgan fingerprint density at radius 3 is 2.52 bits per heavy atom. The molecule has 27 heavy (non-hydrogen) atoms. The summed E-state index contributed by atoms with van der Waals surface area (Å²) >= 11 is 5.82. The van der Waals surface area contributed by atoms with Gasteiger partial charge in [-0.25, -0.2) is 0 Å². The molecule has 0 aromatic heterocycles. The number of amides is 2. The molecule has 6 nitrogen and oxygen atoms in total. The van der Waals surface area contributed by atoms with Crippen LogP contribution in [0.25, 0.3) is 0 Å². The summed E-state index contributed by atoms with van der Waals surface area (Å²) in [4.78, 5) is 24.0. The number of ether oxygens (including phenoxy) is 2. The van der Waals surface area contributed by atoms with E-state index in [1.54, 1.807) is 48.5 Å². The third kappa shape index (κ3) is 5.98. The third-order valence-corrected chi connectivity index (χ3v) is 4.39. The van der Waals surface area contributed by atoms with Crippen molar-refractivity contribution in [2.75, 3.05) is 25.1 Å². The van der Waals surface area contributed by atoms with Crippen molar-refractivity contribution in [3.8, 4) is 5.75 Å². The summed E-state index contributed by atoms with van der Waals surface area (Å²) in [6.45, 7) is 1.21. The van der Waals surface area contributed by atoms with E-state index in [-0.39, 0.29) is 24.5 Å². The molecular formula is C20H21ClN2O4. The predicted octanol–water partition coefficient (Wildman–Crippen LogP) is 3.27. The first-order chi connectivity index (χ1) is 13.1. The largest absolute Gasteiger partial charge is 0.484 e. The molecule has 0 spiro atoms. The van der Waals surface area contributed by atoms with Crippen LogP contribution in [0.1, 0.15) is 23.2 Å². The second kappa shape index (κ2) is 9.39. The average Bonchev–Trinajstić information content (AvgIpc) is 3.20. The van der Waals surface area contributed by atoms with E-state index in [9.17, 15) is 9.59 Å². The van der Waals surface area contributed by atoms with Gasteiger partial charge in [-0.15, -0.1) is 0 Å². The molecule has 0 bridgehead atoms. The Balaban J connectivity index is 1.43. The van der Waals surface area contributed by atoms with Crippen molar-refractivity contribution in [3.63, 3.8) is 0 Å². The van der Waals surface area contributed by atoms with E-state index >= 15 is 0 Å². The molecule has 1 saturated heterocycles. The van der Waals surface area contributed by atoms with Gasteiger partial charge in [0.25, 0.3) is 11.8 Å². The van der Waals surface area contributed by atoms with Crippen molar-refractivity contribution in [2.24, 2.45) is 0 Å². The molecule has 7 heteroatoms. The first-order valence-corrected chi connectivity index (χ1v) is 9.16. The molecule has 1 aliphatic heterocycles. The first kappa shape index (κ1) is 19.2. The van der Waals surface area contributed by atoms with Gasteiger partial charge in [0.15, 0.2) is 6.61 Å². The van der Waals surface area contributed by atoms with Crippen LogP contribution < -0.4 is 15.4 Å². The fourth-order valence-electron chi connectivity index (χ4n) is 2.67. The molecule has 1 atom stereocenters. The van der Waals surface area contributed by atoms with E-state index in [1.807, 2.05) is 0 Å². The Hall–Kier alpha value is -2.57. The molecule has 1 fully saturated rings. The van der Waals surface area contributed by atoms with Gasteiger partial charge in [-0.1, -0.05) is 11.6 Å². The van der Waals surface area contributed by atoms with E-state index in [1.165, 1.54) is 0 Å². The van der Waals surface area contributed by atoms with Crippen LogP contribution in [0.4, 0.5) is 5.69 Å². The topological polar surface area (TPSA) is 76.7 Å². The predicted molar refractivity (Wildman–Crippen MR) is 103 cm³/mol. The Kier molecular flexibility index (Phi) is 6.68. The van der Waals surface area contributed by atoms with Crippen molar-refractivity contribution in [3.05, 3.63) is 59.1 Å². The van der Waals surface area contributed by atoms with Crippen LogP contribution in [0, 0.1) is 0 Å². The summed E-state index contributed by atoms with van der Waals surface area (Å²) in [7, 11) is 0. The van der Waals surface area contributed by atoms with Crippen LogP contribution in [0.5, 0.6) is 5.75 Å². The van der Waals surface area contributed by atoms with Crippen LogP contribution in [0.15, 0.2) is 48.5 Å². The minimum Gasteiger partial charge on any atom is -0.484 e. The van der Waals surface area contributed by atoms with Crippen LogP contribution in [0.3, 0.4) is 0 Å². The Morgan fingerprint density at radius 1 is 1.11 bits per heavy atom. The Bertz CT molecular complexity index is 772. The lowest BCUT2D eigenvalue weighted by Crippen LogP contribution is -2.35. The molecule has 1 unspecified atom stereocenters. The molecule has 2 aromatic carbocycles. The maximum absolute atomic E-state index is 12.2. The van der Waals surface area contributed by atoms with Crippen LogP contribution in [-0.2, 0) is 9.53 Å². The molecule has 0 saturated carbocycles. The van der Waals surface area contributed by atoms with Gasteiger partial charge >= 0.3 is 0 Å². The van der Waals surface area contributed by atoms with E-state index in [0.29, 0.717) is 28.6 Å². The van der Waals surface area contributed by atoms with Crippen LogP contribution >= 0.6 is 11.6 Å². The Morgan fingerprint density at radius 2 is 1.85 bits per heavy atom. The number of rotatable bonds is 7. The first-order valence-electron chi connectivity index (χ1n) is 8.78. The smallest absolute Gasteiger partial charge is 0.258 e. The van der Waals surface area contributed by atoms with Crippen molar-refractivity contribution in [2.45, 2.75) is 18.9 Å². The lowest BCUT2D eigenvalue weighted by Gasteiger charge is -2.11. The van der Waals surface area contributed by atoms with Crippen molar-refractivity contribution < 1.29 is 19.1 Å². The van der Waals surface area contributed by atoms with E-state index in [2.05, 4.69) is 10.6 Å². The molecule has 1 heterocycles. The van der Waals surface area contributed by atoms with Gasteiger partial charge in [0, 0.05) is 29.4 Å². The highest BCUT2D eigenvalue weighted by Gasteiger charge is 2.16. The van der Waals surface area contributed by atoms with E-state index in [0.717, 1.165) is 19.4 Å². The van der Waals surface area contributed by atoms with Gasteiger partial charge in [0.1, 0.15) is 5.75 Å². The van der Waals surface area contributed by atoms with Crippen molar-refractivity contribution in [1.29, 1.82) is 0 Å². The maximum atomic E-state index is 12.2. The summed E-state index contributed by atoms with van der Waals surface area (Å²) < 4.78 is 10.9. The molecule has 0 radical (unpaired) electrons. The fourth-order valence-corrected chi connectivity index (χ4v) is 2.80. The molecule has 0 aliphatic carbocycles. The van der Waals surface area contributed by atoms with Gasteiger partial charge in [0.2, 0.25) is 0 Å². The van der Waals surface area contributed by atoms with Crippen LogP contribution in [0.2, 0.25) is 5.02 Å². The zero-order valence-electron chi connectivity index (χ0n) is 14.7. The van der Waals surface area contributed by atoms with Gasteiger partial charge in [-0.2, -0.15) is 0 Å². The minimum absolute atomic E-state index is 0.0663. The van der Waals surface area contributed by atoms with Crippen molar-refractivity contribution in [1.82, 2.24) is 5.32 Å². The van der Waals surface area contributed by atoms with Gasteiger partial charge in [-0.3, -0.25) is 9.59 Å². The number of carbonyl (C=O) groups is 2. The minimum atomic E-state index is -0.228. The van der Waals surface area contributed by atoms with Gasteiger partial charge in [-0.05, 0) is 61.4 Å². The molecule has 142 valence electrons. The number of anilines is 1. The molecular weight excluding hydrogens is 368 g/mol. The third-order valence-electron chi connectivity index (χ3n) is 4.14. The standard InChI is InChI=1S/C20H21ClN2O4/c21-15-5-3-14(4-6-15)20(25)23-16-7-9-17(10-8-16)27-13-19(24)22-12-18-2-1-11-26-18/h3-10,18H,1-2,11-13H2,(H,22,24)(H,23,25). The summed E-state index contributed by atoms with van der Waals surface area (Å²) in [5.41, 5.74) is 1.15. The Labute approximate surface area is 162 Å². The van der Waals surface area contributed by atoms with Gasteiger partial charge in [0.05, 0.1) is 6.10 Å². The molecule has 2 amide bonds. The summed E-state index contributed by atoms with van der Waals surface area (Å²) in [5, 5.41) is 6.17. The maximum Gasteiger partial charge on any atom is 0.258 e. The second-order valence-corrected chi connectivity index (χ2v) is 6.65. The zero-order chi connectivity index (χ0) is 19.1. The lowest BCUT2D eigenvalue weighted by atomic mass is 10.2. The molecule has 1 aliphatic rings. The van der Waals surface area contributed by atoms with E-state index < -0.39 is 0 Å². The van der Waals surface area contributed by atoms with Crippen molar-refractivity contribution >= 4 is 29.1 Å². The van der Waals surface area contributed by atoms with E-state index in [4.69, 9.17) is 21.1 Å². The summed E-state index contributed by atoms with van der Waals surface area (Å²) in [6, 6.07) is 13.5. The molecule has 3 rings (SSSR count). The highest BCUT2D eigenvalue weighted by molar-refractivity contribution is 6.30. The van der Waals surface area contributed by atoms with Crippen LogP contribution in [-0.4, -0.2) is 37.7 Å². The monoisotopic (exact) mass is 388 g/mol. The zero-order valence-corrected chi connectivity index (χ0v) is 15.5. The molecule has 2 N–H and O–H groups in total. The number of nitrogens with one attached hydrogen (secondary N) is 2. The normalized spacial score (nSPS) is 16.0. The highest BCUT2D eigenvalue weighted by atomic mass is 35.5. The summed E-state index contributed by atoms with van der Waals surface area (Å²) in [6.07, 6.45) is 2.12. The molecule has 2 aromatic rings. The summed E-state index contributed by atoms with van der Waals surface area (Å²) in [5.74, 6) is 0.131. The number of benzene rings is 2. The van der Waals surface area contributed by atoms with Gasteiger partial charge < -0.3 is 20.1 Å². The number of hydrogen-bond acceptors (Lipinski definition) is 4. The highest BCUT2D eigenvalue weighted by Crippen LogP contribution is 2.17. The fraction of sp³-hybridized carbons (Fsp3) is 0.300. The lowest BCUT2D eigenvalue weighted by molar-refractivity contribution is -0.123. The average molecular weight is 389 g/mol. The number of halogens is 1. The number of carbonyl (C=O) groups excluding carboxylic acids is 2. The second-order valence-electron chi connectivity index (χ2n) is 6.21. The number of hydrogen-bond donors (Lipinski definition) is 2. The SMILES string of the molecule is O=C(COc1ccc(NC(=O)c2ccc(Cl)cc2)cc1)NCC1CCCO1. The quantitative estimate of drug-likeness (QED) is 0.763.